The average Bonchev–Trinajstić information content (AvgIpc) is 2.16. The monoisotopic (exact) mass is 222 g/mol. The first-order valence-corrected chi connectivity index (χ1v) is 6.91. The molecule has 0 aliphatic heterocycles. The second-order valence-electron chi connectivity index (χ2n) is 2.85. The minimum atomic E-state index is -0.0997. The number of hydrogen-bond acceptors (Lipinski definition) is 4. The topological polar surface area (TPSA) is 26.3 Å². The van der Waals surface area contributed by atoms with Crippen LogP contribution < -0.4 is 0 Å². The van der Waals surface area contributed by atoms with Crippen molar-refractivity contribution in [1.29, 1.82) is 0 Å². The second kappa shape index (κ2) is 8.75. The number of hydrogen-bond donors (Lipinski definition) is 0. The van der Waals surface area contributed by atoms with Crippen LogP contribution in [-0.4, -0.2) is 36.6 Å². The fourth-order valence-corrected chi connectivity index (χ4v) is 2.46. The Kier molecular flexibility index (Phi) is 8.87. The Morgan fingerprint density at radius 2 is 2.15 bits per heavy atom. The molecule has 1 atom stereocenters. The van der Waals surface area contributed by atoms with E-state index < -0.39 is 0 Å². The number of ether oxygens (including phenoxy) is 1. The largest absolute Gasteiger partial charge is 0.469 e. The Bertz CT molecular complexity index is 140. The molecule has 0 aliphatic carbocycles. The number of thioether (sulfide) groups is 2. The fraction of sp³-hybridized carbons (Fsp3) is 0.889. The lowest BCUT2D eigenvalue weighted by Crippen LogP contribution is -2.15. The summed E-state index contributed by atoms with van der Waals surface area (Å²) in [5.74, 6) is 3.16. The molecule has 0 aromatic carbocycles. The molecule has 2 nitrogen and oxygen atoms in total. The van der Waals surface area contributed by atoms with E-state index in [-0.39, 0.29) is 11.9 Å². The van der Waals surface area contributed by atoms with Crippen LogP contribution in [0, 0.1) is 5.92 Å². The maximum absolute atomic E-state index is 11.0. The molecule has 13 heavy (non-hydrogen) atoms. The lowest BCUT2D eigenvalue weighted by atomic mass is 10.2. The van der Waals surface area contributed by atoms with E-state index >= 15 is 0 Å². The van der Waals surface area contributed by atoms with Gasteiger partial charge in [-0.15, -0.1) is 0 Å². The fourth-order valence-electron chi connectivity index (χ4n) is 0.835. The summed E-state index contributed by atoms with van der Waals surface area (Å²) in [4.78, 5) is 11.0. The Balaban J connectivity index is 3.26. The Morgan fingerprint density at radius 3 is 2.69 bits per heavy atom. The van der Waals surface area contributed by atoms with E-state index in [9.17, 15) is 4.79 Å². The average molecular weight is 222 g/mol. The quantitative estimate of drug-likeness (QED) is 0.488. The van der Waals surface area contributed by atoms with Crippen molar-refractivity contribution in [2.75, 3.05) is 30.6 Å². The van der Waals surface area contributed by atoms with Crippen LogP contribution in [-0.2, 0) is 9.53 Å². The molecular formula is C9H18O2S2. The van der Waals surface area contributed by atoms with Crippen molar-refractivity contribution in [3.8, 4) is 0 Å². The van der Waals surface area contributed by atoms with Crippen LogP contribution in [0.2, 0.25) is 0 Å². The molecule has 0 fully saturated rings. The number of rotatable bonds is 7. The van der Waals surface area contributed by atoms with E-state index in [1.54, 1.807) is 0 Å². The molecule has 0 bridgehead atoms. The zero-order valence-electron chi connectivity index (χ0n) is 8.54. The summed E-state index contributed by atoms with van der Waals surface area (Å²) in [6.07, 6.45) is 3.33. The second-order valence-corrected chi connectivity index (χ2v) is 4.98. The standard InChI is InChI=1S/C9H18O2S2/c1-8(9(10)11-2)7-13-6-4-5-12-3/h8H,4-7H2,1-3H3. The van der Waals surface area contributed by atoms with Crippen molar-refractivity contribution in [3.63, 3.8) is 0 Å². The van der Waals surface area contributed by atoms with Crippen molar-refractivity contribution in [2.24, 2.45) is 5.92 Å². The first-order chi connectivity index (χ1) is 6.22. The molecule has 0 amide bonds. The van der Waals surface area contributed by atoms with Crippen molar-refractivity contribution in [2.45, 2.75) is 13.3 Å². The van der Waals surface area contributed by atoms with Crippen LogP contribution in [0.5, 0.6) is 0 Å². The summed E-state index contributed by atoms with van der Waals surface area (Å²) in [6, 6.07) is 0. The molecule has 78 valence electrons. The number of methoxy groups -OCH3 is 1. The molecular weight excluding hydrogens is 204 g/mol. The zero-order valence-corrected chi connectivity index (χ0v) is 10.2. The van der Waals surface area contributed by atoms with E-state index in [1.165, 1.54) is 19.3 Å². The third-order valence-corrected chi connectivity index (χ3v) is 3.62. The number of esters is 1. The molecule has 0 aromatic rings. The third-order valence-electron chi connectivity index (χ3n) is 1.61. The maximum atomic E-state index is 11.0. The maximum Gasteiger partial charge on any atom is 0.309 e. The van der Waals surface area contributed by atoms with Crippen LogP contribution in [0.3, 0.4) is 0 Å². The van der Waals surface area contributed by atoms with E-state index in [1.807, 2.05) is 30.4 Å². The highest BCUT2D eigenvalue weighted by Gasteiger charge is 2.11. The molecule has 4 heteroatoms. The summed E-state index contributed by atoms with van der Waals surface area (Å²) >= 11 is 3.70. The lowest BCUT2D eigenvalue weighted by molar-refractivity contribution is -0.143. The summed E-state index contributed by atoms with van der Waals surface area (Å²) in [5, 5.41) is 0. The van der Waals surface area contributed by atoms with Gasteiger partial charge >= 0.3 is 5.97 Å². The van der Waals surface area contributed by atoms with Gasteiger partial charge in [0, 0.05) is 5.75 Å². The van der Waals surface area contributed by atoms with Gasteiger partial charge < -0.3 is 4.74 Å². The van der Waals surface area contributed by atoms with Gasteiger partial charge in [-0.25, -0.2) is 0 Å². The molecule has 1 unspecified atom stereocenters. The first-order valence-electron chi connectivity index (χ1n) is 4.37. The van der Waals surface area contributed by atoms with Crippen LogP contribution in [0.1, 0.15) is 13.3 Å². The van der Waals surface area contributed by atoms with Crippen LogP contribution in [0.15, 0.2) is 0 Å². The third kappa shape index (κ3) is 7.26. The highest BCUT2D eigenvalue weighted by molar-refractivity contribution is 7.99. The molecule has 0 heterocycles. The van der Waals surface area contributed by atoms with Gasteiger partial charge in [0.05, 0.1) is 13.0 Å². The van der Waals surface area contributed by atoms with Gasteiger partial charge in [0.2, 0.25) is 0 Å². The normalized spacial score (nSPS) is 12.5. The molecule has 0 N–H and O–H groups in total. The number of carbonyl (C=O) groups excluding carboxylic acids is 1. The first kappa shape index (κ1) is 13.2. The molecule has 0 radical (unpaired) electrons. The van der Waals surface area contributed by atoms with Gasteiger partial charge in [0.1, 0.15) is 0 Å². The van der Waals surface area contributed by atoms with Gasteiger partial charge in [-0.1, -0.05) is 6.92 Å². The molecule has 0 aliphatic rings. The van der Waals surface area contributed by atoms with Crippen LogP contribution in [0.25, 0.3) is 0 Å². The predicted octanol–water partition coefficient (Wildman–Crippen LogP) is 2.28. The minimum absolute atomic E-state index is 0.0317. The minimum Gasteiger partial charge on any atom is -0.469 e. The van der Waals surface area contributed by atoms with Crippen LogP contribution in [0.4, 0.5) is 0 Å². The summed E-state index contributed by atoms with van der Waals surface area (Å²) < 4.78 is 4.63. The Morgan fingerprint density at radius 1 is 1.46 bits per heavy atom. The van der Waals surface area contributed by atoms with E-state index in [0.717, 1.165) is 11.5 Å². The highest BCUT2D eigenvalue weighted by atomic mass is 32.2. The van der Waals surface area contributed by atoms with Crippen molar-refractivity contribution < 1.29 is 9.53 Å². The number of carbonyl (C=O) groups is 1. The SMILES string of the molecule is COC(=O)C(C)CSCCCSC. The Labute approximate surface area is 89.2 Å². The van der Waals surface area contributed by atoms with E-state index in [2.05, 4.69) is 11.0 Å². The van der Waals surface area contributed by atoms with Crippen LogP contribution >= 0.6 is 23.5 Å². The van der Waals surface area contributed by atoms with Gasteiger partial charge in [0.15, 0.2) is 0 Å². The molecule has 0 spiro atoms. The van der Waals surface area contributed by atoms with Gasteiger partial charge in [-0.05, 0) is 24.2 Å². The highest BCUT2D eigenvalue weighted by Crippen LogP contribution is 2.11. The van der Waals surface area contributed by atoms with Gasteiger partial charge in [0.25, 0.3) is 0 Å². The molecule has 0 rings (SSSR count). The van der Waals surface area contributed by atoms with E-state index in [4.69, 9.17) is 0 Å². The van der Waals surface area contributed by atoms with Crippen molar-refractivity contribution in [1.82, 2.24) is 0 Å². The van der Waals surface area contributed by atoms with Crippen molar-refractivity contribution >= 4 is 29.5 Å². The summed E-state index contributed by atoms with van der Waals surface area (Å²) in [7, 11) is 1.44. The van der Waals surface area contributed by atoms with Gasteiger partial charge in [-0.2, -0.15) is 23.5 Å². The van der Waals surface area contributed by atoms with Gasteiger partial charge in [-0.3, -0.25) is 4.79 Å². The predicted molar refractivity (Wildman–Crippen MR) is 61.5 cm³/mol. The zero-order chi connectivity index (χ0) is 10.1. The lowest BCUT2D eigenvalue weighted by Gasteiger charge is -2.07. The smallest absolute Gasteiger partial charge is 0.309 e. The van der Waals surface area contributed by atoms with E-state index in [0.29, 0.717) is 0 Å². The molecule has 0 saturated carbocycles. The summed E-state index contributed by atoms with van der Waals surface area (Å²) in [5.41, 5.74) is 0. The Hall–Kier alpha value is 0.170. The summed E-state index contributed by atoms with van der Waals surface area (Å²) in [6.45, 7) is 1.91. The molecule has 0 saturated heterocycles. The molecule has 0 aromatic heterocycles. The van der Waals surface area contributed by atoms with Crippen molar-refractivity contribution in [3.05, 3.63) is 0 Å².